The Morgan fingerprint density at radius 1 is 1.25 bits per heavy atom. The monoisotopic (exact) mass is 295 g/mol. The van der Waals surface area contributed by atoms with Crippen LogP contribution in [-0.2, 0) is 20.9 Å². The maximum absolute atomic E-state index is 12.0. The summed E-state index contributed by atoms with van der Waals surface area (Å²) in [6, 6.07) is 8.00. The molecule has 0 aromatic heterocycles. The normalized spacial score (nSPS) is 10.2. The minimum Gasteiger partial charge on any atom is -0.465 e. The summed E-state index contributed by atoms with van der Waals surface area (Å²) in [5, 5.41) is 0. The average molecular weight is 295 g/mol. The highest BCUT2D eigenvalue weighted by atomic mass is 32.2. The second-order valence-corrected chi connectivity index (χ2v) is 5.46. The molecule has 0 spiro atoms. The molecule has 0 unspecified atom stereocenters. The van der Waals surface area contributed by atoms with E-state index in [1.807, 2.05) is 31.2 Å². The molecule has 0 atom stereocenters. The van der Waals surface area contributed by atoms with Crippen LogP contribution in [0.1, 0.15) is 18.1 Å². The fraction of sp³-hybridized carbons (Fsp3) is 0.467. The van der Waals surface area contributed by atoms with Crippen LogP contribution in [0.4, 0.5) is 0 Å². The van der Waals surface area contributed by atoms with Crippen molar-refractivity contribution < 1.29 is 14.3 Å². The number of aryl methyl sites for hydroxylation is 1. The van der Waals surface area contributed by atoms with Crippen LogP contribution in [0.5, 0.6) is 0 Å². The van der Waals surface area contributed by atoms with E-state index in [-0.39, 0.29) is 17.6 Å². The zero-order valence-electron chi connectivity index (χ0n) is 12.2. The van der Waals surface area contributed by atoms with Gasteiger partial charge in [-0.3, -0.25) is 9.59 Å². The van der Waals surface area contributed by atoms with Crippen LogP contribution in [0.15, 0.2) is 24.3 Å². The Bertz CT molecular complexity index is 462. The van der Waals surface area contributed by atoms with Gasteiger partial charge in [0.15, 0.2) is 0 Å². The molecule has 4 nitrogen and oxygen atoms in total. The van der Waals surface area contributed by atoms with Crippen molar-refractivity contribution in [2.75, 3.05) is 25.2 Å². The molecule has 0 fully saturated rings. The van der Waals surface area contributed by atoms with Gasteiger partial charge >= 0.3 is 5.97 Å². The Morgan fingerprint density at radius 2 is 1.95 bits per heavy atom. The number of thioether (sulfide) groups is 1. The largest absolute Gasteiger partial charge is 0.465 e. The number of carbonyl (C=O) groups is 2. The SMILES string of the molecule is CCOC(=O)CSCC(=O)N(C)Cc1ccccc1C. The zero-order valence-corrected chi connectivity index (χ0v) is 13.0. The second-order valence-electron chi connectivity index (χ2n) is 4.47. The standard InChI is InChI=1S/C15H21NO3S/c1-4-19-15(18)11-20-10-14(17)16(3)9-13-8-6-5-7-12(13)2/h5-8H,4,9-11H2,1-3H3. The summed E-state index contributed by atoms with van der Waals surface area (Å²) in [7, 11) is 1.78. The van der Waals surface area contributed by atoms with Gasteiger partial charge in [-0.1, -0.05) is 24.3 Å². The van der Waals surface area contributed by atoms with Crippen molar-refractivity contribution in [3.8, 4) is 0 Å². The lowest BCUT2D eigenvalue weighted by Crippen LogP contribution is -2.28. The molecule has 1 aromatic carbocycles. The highest BCUT2D eigenvalue weighted by molar-refractivity contribution is 8.00. The summed E-state index contributed by atoms with van der Waals surface area (Å²) in [6.07, 6.45) is 0. The van der Waals surface area contributed by atoms with Crippen molar-refractivity contribution in [2.45, 2.75) is 20.4 Å². The lowest BCUT2D eigenvalue weighted by atomic mass is 10.1. The summed E-state index contributed by atoms with van der Waals surface area (Å²) in [4.78, 5) is 24.8. The van der Waals surface area contributed by atoms with Crippen molar-refractivity contribution in [1.82, 2.24) is 4.90 Å². The number of hydrogen-bond donors (Lipinski definition) is 0. The summed E-state index contributed by atoms with van der Waals surface area (Å²) >= 11 is 1.29. The van der Waals surface area contributed by atoms with Crippen molar-refractivity contribution in [2.24, 2.45) is 0 Å². The number of carbonyl (C=O) groups excluding carboxylic acids is 2. The number of amides is 1. The molecular formula is C15H21NO3S. The number of nitrogens with zero attached hydrogens (tertiary/aromatic N) is 1. The third-order valence-corrected chi connectivity index (χ3v) is 3.74. The zero-order chi connectivity index (χ0) is 15.0. The lowest BCUT2D eigenvalue weighted by molar-refractivity contribution is -0.139. The van der Waals surface area contributed by atoms with E-state index in [1.165, 1.54) is 17.3 Å². The van der Waals surface area contributed by atoms with Crippen molar-refractivity contribution in [3.05, 3.63) is 35.4 Å². The molecule has 0 aliphatic carbocycles. The molecule has 0 heterocycles. The molecule has 5 heteroatoms. The van der Waals surface area contributed by atoms with Crippen molar-refractivity contribution in [3.63, 3.8) is 0 Å². The predicted molar refractivity (Wildman–Crippen MR) is 81.6 cm³/mol. The van der Waals surface area contributed by atoms with E-state index in [2.05, 4.69) is 0 Å². The third kappa shape index (κ3) is 5.65. The summed E-state index contributed by atoms with van der Waals surface area (Å²) in [6.45, 7) is 4.76. The van der Waals surface area contributed by atoms with Crippen LogP contribution in [0.25, 0.3) is 0 Å². The van der Waals surface area contributed by atoms with Gasteiger partial charge in [0.05, 0.1) is 18.1 Å². The minimum absolute atomic E-state index is 0.0163. The first-order valence-corrected chi connectivity index (χ1v) is 7.72. The highest BCUT2D eigenvalue weighted by Gasteiger charge is 2.11. The van der Waals surface area contributed by atoms with E-state index in [1.54, 1.807) is 18.9 Å². The van der Waals surface area contributed by atoms with E-state index in [0.29, 0.717) is 18.9 Å². The van der Waals surface area contributed by atoms with Gasteiger partial charge in [-0.25, -0.2) is 0 Å². The van der Waals surface area contributed by atoms with Gasteiger partial charge in [0.2, 0.25) is 5.91 Å². The quantitative estimate of drug-likeness (QED) is 0.724. The molecular weight excluding hydrogens is 274 g/mol. The fourth-order valence-corrected chi connectivity index (χ4v) is 2.41. The van der Waals surface area contributed by atoms with Gasteiger partial charge in [0, 0.05) is 13.6 Å². The molecule has 0 aliphatic rings. The molecule has 1 amide bonds. The topological polar surface area (TPSA) is 46.6 Å². The molecule has 0 saturated heterocycles. The van der Waals surface area contributed by atoms with E-state index >= 15 is 0 Å². The number of benzene rings is 1. The predicted octanol–water partition coefficient (Wildman–Crippen LogP) is 2.25. The maximum Gasteiger partial charge on any atom is 0.315 e. The van der Waals surface area contributed by atoms with Crippen molar-refractivity contribution in [1.29, 1.82) is 0 Å². The van der Waals surface area contributed by atoms with Crippen LogP contribution in [0.3, 0.4) is 0 Å². The van der Waals surface area contributed by atoms with Gasteiger partial charge < -0.3 is 9.64 Å². The fourth-order valence-electron chi connectivity index (χ4n) is 1.67. The molecule has 1 rings (SSSR count). The smallest absolute Gasteiger partial charge is 0.315 e. The summed E-state index contributed by atoms with van der Waals surface area (Å²) in [5.41, 5.74) is 2.31. The second kappa shape index (κ2) is 8.64. The molecule has 1 aromatic rings. The lowest BCUT2D eigenvalue weighted by Gasteiger charge is -2.18. The minimum atomic E-state index is -0.271. The van der Waals surface area contributed by atoms with Gasteiger partial charge in [0.25, 0.3) is 0 Å². The molecule has 20 heavy (non-hydrogen) atoms. The van der Waals surface area contributed by atoms with Crippen molar-refractivity contribution >= 4 is 23.6 Å². The van der Waals surface area contributed by atoms with Gasteiger partial charge in [-0.15, -0.1) is 11.8 Å². The van der Waals surface area contributed by atoms with Gasteiger partial charge in [-0.2, -0.15) is 0 Å². The average Bonchev–Trinajstić information content (AvgIpc) is 2.41. The molecule has 0 saturated carbocycles. The van der Waals surface area contributed by atoms with Gasteiger partial charge in [0.1, 0.15) is 0 Å². The number of rotatable bonds is 7. The molecule has 0 aliphatic heterocycles. The van der Waals surface area contributed by atoms with Crippen LogP contribution in [0.2, 0.25) is 0 Å². The first kappa shape index (κ1) is 16.6. The van der Waals surface area contributed by atoms with E-state index in [4.69, 9.17) is 4.74 Å². The first-order chi connectivity index (χ1) is 9.54. The van der Waals surface area contributed by atoms with Crippen LogP contribution < -0.4 is 0 Å². The van der Waals surface area contributed by atoms with Gasteiger partial charge in [-0.05, 0) is 25.0 Å². The summed E-state index contributed by atoms with van der Waals surface area (Å²) < 4.78 is 4.81. The van der Waals surface area contributed by atoms with Crippen LogP contribution in [0, 0.1) is 6.92 Å². The maximum atomic E-state index is 12.0. The van der Waals surface area contributed by atoms with E-state index in [0.717, 1.165) is 5.56 Å². The Hall–Kier alpha value is -1.49. The summed E-state index contributed by atoms with van der Waals surface area (Å²) in [5.74, 6) is 0.258. The Kier molecular flexibility index (Phi) is 7.15. The molecule has 0 N–H and O–H groups in total. The third-order valence-electron chi connectivity index (χ3n) is 2.85. The molecule has 0 bridgehead atoms. The van der Waals surface area contributed by atoms with Crippen LogP contribution >= 0.6 is 11.8 Å². The Balaban J connectivity index is 2.36. The highest BCUT2D eigenvalue weighted by Crippen LogP contribution is 2.11. The van der Waals surface area contributed by atoms with E-state index in [9.17, 15) is 9.59 Å². The Morgan fingerprint density at radius 3 is 2.60 bits per heavy atom. The first-order valence-electron chi connectivity index (χ1n) is 6.56. The Labute approximate surface area is 124 Å². The number of hydrogen-bond acceptors (Lipinski definition) is 4. The number of ether oxygens (including phenoxy) is 1. The number of esters is 1. The molecule has 0 radical (unpaired) electrons. The molecule has 110 valence electrons. The van der Waals surface area contributed by atoms with Crippen LogP contribution in [-0.4, -0.2) is 41.9 Å². The van der Waals surface area contributed by atoms with E-state index < -0.39 is 0 Å².